The third kappa shape index (κ3) is 4.22. The summed E-state index contributed by atoms with van der Waals surface area (Å²) in [5.74, 6) is 2.14. The first-order valence-electron chi connectivity index (χ1n) is 11.7. The van der Waals surface area contributed by atoms with Crippen molar-refractivity contribution in [1.82, 2.24) is 15.5 Å². The van der Waals surface area contributed by atoms with Gasteiger partial charge in [0.2, 0.25) is 0 Å². The van der Waals surface area contributed by atoms with E-state index in [-0.39, 0.29) is 24.0 Å². The molecule has 1 aromatic carbocycles. The summed E-state index contributed by atoms with van der Waals surface area (Å²) in [5.41, 5.74) is 1.69. The summed E-state index contributed by atoms with van der Waals surface area (Å²) in [6.07, 6.45) is 8.06. The highest BCUT2D eigenvalue weighted by molar-refractivity contribution is 14.0. The topological polar surface area (TPSA) is 48.9 Å². The Morgan fingerprint density at radius 2 is 2.13 bits per heavy atom. The molecule has 172 valence electrons. The van der Waals surface area contributed by atoms with Gasteiger partial charge in [0.25, 0.3) is 0 Å². The van der Waals surface area contributed by atoms with Crippen molar-refractivity contribution in [2.24, 2.45) is 22.2 Å². The maximum atomic E-state index is 6.31. The predicted molar refractivity (Wildman–Crippen MR) is 137 cm³/mol. The Balaban J connectivity index is 0.00000231. The molecule has 1 spiro atoms. The Labute approximate surface area is 208 Å². The molecular formula is C24H36ClIN4O. The number of nitrogens with zero attached hydrogens (tertiary/aromatic N) is 2. The molecule has 2 saturated heterocycles. The molecule has 5 unspecified atom stereocenters. The van der Waals surface area contributed by atoms with Gasteiger partial charge in [0.1, 0.15) is 0 Å². The Hall–Kier alpha value is -0.570. The van der Waals surface area contributed by atoms with E-state index >= 15 is 0 Å². The second-order valence-electron chi connectivity index (χ2n) is 9.79. The molecule has 2 aliphatic carbocycles. The third-order valence-electron chi connectivity index (χ3n) is 8.28. The van der Waals surface area contributed by atoms with E-state index in [0.29, 0.717) is 35.4 Å². The average Bonchev–Trinajstić information content (AvgIpc) is 3.12. The van der Waals surface area contributed by atoms with Gasteiger partial charge in [-0.25, -0.2) is 0 Å². The standard InChI is InChI=1S/C24H35ClN4O.HI/c1-26-23(28-21-19-9-13-30-22(19)24(21)10-5-11-24)27-15-17-7-4-12-29(2)20(17)16-6-3-8-18(25)14-16;/h3,6,8,14,17,19-22H,4-5,7,9-13,15H2,1-2H3,(H2,26,27,28);1H. The molecule has 5 rings (SSSR count). The van der Waals surface area contributed by atoms with Gasteiger partial charge >= 0.3 is 0 Å². The highest BCUT2D eigenvalue weighted by Gasteiger charge is 2.66. The van der Waals surface area contributed by atoms with E-state index in [1.807, 2.05) is 13.1 Å². The molecule has 5 nitrogen and oxygen atoms in total. The number of benzene rings is 1. The number of aliphatic imine (C=N–C) groups is 1. The molecule has 31 heavy (non-hydrogen) atoms. The van der Waals surface area contributed by atoms with Gasteiger partial charge in [-0.3, -0.25) is 9.89 Å². The lowest BCUT2D eigenvalue weighted by atomic mass is 9.46. The quantitative estimate of drug-likeness (QED) is 0.325. The minimum absolute atomic E-state index is 0. The zero-order valence-corrected chi connectivity index (χ0v) is 21.7. The molecule has 5 atom stereocenters. The van der Waals surface area contributed by atoms with Crippen molar-refractivity contribution in [2.75, 3.05) is 33.8 Å². The normalized spacial score (nSPS) is 34.3. The van der Waals surface area contributed by atoms with Crippen LogP contribution < -0.4 is 10.6 Å². The SMILES string of the molecule is CN=C(NCC1CCCN(C)C1c1cccc(Cl)c1)NC1C2CCOC2C12CCC2.I. The molecule has 0 radical (unpaired) electrons. The van der Waals surface area contributed by atoms with Gasteiger partial charge in [-0.2, -0.15) is 0 Å². The first-order chi connectivity index (χ1) is 14.6. The molecule has 2 N–H and O–H groups in total. The molecular weight excluding hydrogens is 523 g/mol. The number of likely N-dealkylation sites (tertiary alicyclic amines) is 1. The van der Waals surface area contributed by atoms with Crippen LogP contribution in [0.4, 0.5) is 0 Å². The lowest BCUT2D eigenvalue weighted by Gasteiger charge is -2.63. The van der Waals surface area contributed by atoms with Crippen molar-refractivity contribution >= 4 is 41.5 Å². The molecule has 0 bridgehead atoms. The summed E-state index contributed by atoms with van der Waals surface area (Å²) in [6.45, 7) is 2.98. The van der Waals surface area contributed by atoms with Crippen LogP contribution in [0.5, 0.6) is 0 Å². The largest absolute Gasteiger partial charge is 0.377 e. The fourth-order valence-electron chi connectivity index (χ4n) is 6.72. The number of nitrogens with one attached hydrogen (secondary N) is 2. The van der Waals surface area contributed by atoms with Crippen molar-refractivity contribution in [3.05, 3.63) is 34.9 Å². The van der Waals surface area contributed by atoms with Crippen LogP contribution in [0.3, 0.4) is 0 Å². The Kier molecular flexibility index (Phi) is 7.41. The third-order valence-corrected chi connectivity index (χ3v) is 8.52. The Morgan fingerprint density at radius 1 is 1.29 bits per heavy atom. The number of fused-ring (bicyclic) bond motifs is 2. The Morgan fingerprint density at radius 3 is 2.84 bits per heavy atom. The molecule has 1 aromatic rings. The minimum atomic E-state index is 0. The summed E-state index contributed by atoms with van der Waals surface area (Å²) in [4.78, 5) is 7.06. The Bertz CT molecular complexity index is 802. The van der Waals surface area contributed by atoms with Gasteiger partial charge in [-0.05, 0) is 69.3 Å². The highest BCUT2D eigenvalue weighted by atomic mass is 127. The van der Waals surface area contributed by atoms with Crippen LogP contribution in [0.2, 0.25) is 5.02 Å². The molecule has 4 fully saturated rings. The van der Waals surface area contributed by atoms with Gasteiger partial charge in [0, 0.05) is 48.6 Å². The van der Waals surface area contributed by atoms with Gasteiger partial charge in [-0.1, -0.05) is 30.2 Å². The first kappa shape index (κ1) is 23.6. The van der Waals surface area contributed by atoms with E-state index in [1.54, 1.807) is 0 Å². The second kappa shape index (κ2) is 9.74. The molecule has 2 saturated carbocycles. The van der Waals surface area contributed by atoms with E-state index in [1.165, 1.54) is 44.1 Å². The second-order valence-corrected chi connectivity index (χ2v) is 10.2. The van der Waals surface area contributed by atoms with Crippen LogP contribution in [0.15, 0.2) is 29.3 Å². The number of piperidine rings is 1. The number of halogens is 2. The lowest BCUT2D eigenvalue weighted by Crippen LogP contribution is -2.72. The lowest BCUT2D eigenvalue weighted by molar-refractivity contribution is -0.171. The van der Waals surface area contributed by atoms with Gasteiger partial charge in [-0.15, -0.1) is 24.0 Å². The summed E-state index contributed by atoms with van der Waals surface area (Å²) < 4.78 is 6.08. The van der Waals surface area contributed by atoms with Crippen molar-refractivity contribution in [3.63, 3.8) is 0 Å². The van der Waals surface area contributed by atoms with E-state index in [9.17, 15) is 0 Å². The number of hydrogen-bond donors (Lipinski definition) is 2. The van der Waals surface area contributed by atoms with Crippen LogP contribution >= 0.6 is 35.6 Å². The van der Waals surface area contributed by atoms with E-state index in [4.69, 9.17) is 16.3 Å². The number of ether oxygens (including phenoxy) is 1. The molecule has 2 heterocycles. The molecule has 7 heteroatoms. The van der Waals surface area contributed by atoms with Crippen LogP contribution in [0.25, 0.3) is 0 Å². The number of hydrogen-bond acceptors (Lipinski definition) is 3. The zero-order valence-electron chi connectivity index (χ0n) is 18.6. The van der Waals surface area contributed by atoms with Crippen molar-refractivity contribution in [3.8, 4) is 0 Å². The van der Waals surface area contributed by atoms with E-state index in [0.717, 1.165) is 30.7 Å². The van der Waals surface area contributed by atoms with Crippen LogP contribution in [-0.4, -0.2) is 56.8 Å². The highest BCUT2D eigenvalue weighted by Crippen LogP contribution is 2.62. The fourth-order valence-corrected chi connectivity index (χ4v) is 6.91. The molecule has 0 aromatic heterocycles. The average molecular weight is 559 g/mol. The maximum absolute atomic E-state index is 6.31. The van der Waals surface area contributed by atoms with E-state index in [2.05, 4.69) is 45.8 Å². The molecule has 4 aliphatic rings. The first-order valence-corrected chi connectivity index (χ1v) is 12.0. The van der Waals surface area contributed by atoms with Gasteiger partial charge in [0.05, 0.1) is 6.10 Å². The summed E-state index contributed by atoms with van der Waals surface area (Å²) in [5, 5.41) is 8.30. The fraction of sp³-hybridized carbons (Fsp3) is 0.708. The number of guanidine groups is 1. The summed E-state index contributed by atoms with van der Waals surface area (Å²) >= 11 is 6.31. The zero-order chi connectivity index (χ0) is 20.7. The van der Waals surface area contributed by atoms with Crippen molar-refractivity contribution in [1.29, 1.82) is 0 Å². The number of rotatable bonds is 4. The smallest absolute Gasteiger partial charge is 0.191 e. The molecule has 2 aliphatic heterocycles. The maximum Gasteiger partial charge on any atom is 0.191 e. The summed E-state index contributed by atoms with van der Waals surface area (Å²) in [6, 6.07) is 9.28. The summed E-state index contributed by atoms with van der Waals surface area (Å²) in [7, 11) is 4.13. The van der Waals surface area contributed by atoms with Gasteiger partial charge < -0.3 is 15.4 Å². The minimum Gasteiger partial charge on any atom is -0.377 e. The molecule has 0 amide bonds. The van der Waals surface area contributed by atoms with Crippen LogP contribution in [0, 0.1) is 17.3 Å². The van der Waals surface area contributed by atoms with Crippen molar-refractivity contribution in [2.45, 2.75) is 56.7 Å². The van der Waals surface area contributed by atoms with Crippen LogP contribution in [-0.2, 0) is 4.74 Å². The van der Waals surface area contributed by atoms with E-state index < -0.39 is 0 Å². The van der Waals surface area contributed by atoms with Gasteiger partial charge in [0.15, 0.2) is 5.96 Å². The van der Waals surface area contributed by atoms with Crippen LogP contribution in [0.1, 0.15) is 50.1 Å². The monoisotopic (exact) mass is 558 g/mol. The predicted octanol–water partition coefficient (Wildman–Crippen LogP) is 4.46. The van der Waals surface area contributed by atoms with Crippen molar-refractivity contribution < 1.29 is 4.74 Å².